The van der Waals surface area contributed by atoms with Gasteiger partial charge in [-0.15, -0.1) is 0 Å². The predicted octanol–water partition coefficient (Wildman–Crippen LogP) is 1.17. The van der Waals surface area contributed by atoms with Crippen molar-refractivity contribution >= 4 is 11.7 Å². The summed E-state index contributed by atoms with van der Waals surface area (Å²) in [6, 6.07) is 5.94. The van der Waals surface area contributed by atoms with E-state index >= 15 is 0 Å². The van der Waals surface area contributed by atoms with Crippen molar-refractivity contribution in [3.8, 4) is 0 Å². The summed E-state index contributed by atoms with van der Waals surface area (Å²) in [5.41, 5.74) is 0.0903. The molecule has 0 spiro atoms. The van der Waals surface area contributed by atoms with Crippen molar-refractivity contribution in [3.63, 3.8) is 0 Å². The molecule has 5 heteroatoms. The number of carbonyl (C=O) groups is 2. The lowest BCUT2D eigenvalue weighted by molar-refractivity contribution is -0.129. The third-order valence-electron chi connectivity index (χ3n) is 3.29. The molecule has 1 aromatic carbocycles. The minimum Gasteiger partial charge on any atom is -0.345 e. The third kappa shape index (κ3) is 3.38. The summed E-state index contributed by atoms with van der Waals surface area (Å²) in [4.78, 5) is 27.2. The monoisotopic (exact) mass is 264 g/mol. The molecular formula is C14H17FN2O2. The van der Waals surface area contributed by atoms with Gasteiger partial charge in [0.05, 0.1) is 18.7 Å². The van der Waals surface area contributed by atoms with E-state index in [4.69, 9.17) is 0 Å². The highest BCUT2D eigenvalue weighted by Gasteiger charge is 2.22. The van der Waals surface area contributed by atoms with Crippen LogP contribution in [0.3, 0.4) is 0 Å². The Morgan fingerprint density at radius 2 is 2.05 bits per heavy atom. The average Bonchev–Trinajstić information content (AvgIpc) is 2.52. The van der Waals surface area contributed by atoms with Gasteiger partial charge in [0, 0.05) is 20.1 Å². The Labute approximate surface area is 111 Å². The van der Waals surface area contributed by atoms with Crippen LogP contribution in [0.15, 0.2) is 24.3 Å². The molecule has 0 saturated carbocycles. The number of halogens is 1. The van der Waals surface area contributed by atoms with Gasteiger partial charge in [0.25, 0.3) is 0 Å². The quantitative estimate of drug-likeness (QED) is 0.770. The second kappa shape index (κ2) is 5.93. The van der Waals surface area contributed by atoms with Gasteiger partial charge in [-0.2, -0.15) is 0 Å². The van der Waals surface area contributed by atoms with Gasteiger partial charge in [0.1, 0.15) is 5.82 Å². The van der Waals surface area contributed by atoms with Crippen LogP contribution >= 0.6 is 0 Å². The first-order valence-corrected chi connectivity index (χ1v) is 6.32. The summed E-state index contributed by atoms with van der Waals surface area (Å²) in [5.74, 6) is -0.792. The number of hydrogen-bond donors (Lipinski definition) is 0. The van der Waals surface area contributed by atoms with E-state index < -0.39 is 5.82 Å². The number of hydrogen-bond acceptors (Lipinski definition) is 3. The molecule has 102 valence electrons. The molecule has 2 rings (SSSR count). The minimum atomic E-state index is -0.509. The molecule has 0 aromatic heterocycles. The van der Waals surface area contributed by atoms with Crippen molar-refractivity contribution in [1.29, 1.82) is 0 Å². The van der Waals surface area contributed by atoms with Gasteiger partial charge in [-0.3, -0.25) is 14.5 Å². The van der Waals surface area contributed by atoms with Gasteiger partial charge in [-0.05, 0) is 18.6 Å². The molecule has 1 fully saturated rings. The zero-order valence-electron chi connectivity index (χ0n) is 10.9. The maximum atomic E-state index is 13.5. The normalized spacial score (nSPS) is 17.4. The van der Waals surface area contributed by atoms with Gasteiger partial charge < -0.3 is 4.90 Å². The van der Waals surface area contributed by atoms with E-state index in [-0.39, 0.29) is 30.3 Å². The largest absolute Gasteiger partial charge is 0.345 e. The number of benzene rings is 1. The van der Waals surface area contributed by atoms with Crippen LogP contribution in [0, 0.1) is 5.82 Å². The molecule has 4 nitrogen and oxygen atoms in total. The molecular weight excluding hydrogens is 247 g/mol. The van der Waals surface area contributed by atoms with Crippen molar-refractivity contribution in [2.24, 2.45) is 0 Å². The van der Waals surface area contributed by atoms with Crippen molar-refractivity contribution in [1.82, 2.24) is 9.80 Å². The second-order valence-electron chi connectivity index (χ2n) is 4.78. The molecule has 1 aliphatic heterocycles. The molecule has 1 aromatic rings. The first-order valence-electron chi connectivity index (χ1n) is 6.32. The summed E-state index contributed by atoms with van der Waals surface area (Å²) < 4.78 is 13.5. The number of carbonyl (C=O) groups excluding carboxylic acids is 2. The summed E-state index contributed by atoms with van der Waals surface area (Å²) in [5, 5.41) is 0. The fourth-order valence-corrected chi connectivity index (χ4v) is 2.16. The van der Waals surface area contributed by atoms with Gasteiger partial charge in [-0.1, -0.05) is 12.1 Å². The van der Waals surface area contributed by atoms with E-state index in [1.54, 1.807) is 29.0 Å². The Balaban J connectivity index is 2.03. The molecule has 0 radical (unpaired) electrons. The first kappa shape index (κ1) is 13.7. The molecule has 19 heavy (non-hydrogen) atoms. The van der Waals surface area contributed by atoms with Gasteiger partial charge in [0.15, 0.2) is 5.78 Å². The summed E-state index contributed by atoms with van der Waals surface area (Å²) >= 11 is 0. The van der Waals surface area contributed by atoms with Crippen LogP contribution in [-0.4, -0.2) is 54.7 Å². The third-order valence-corrected chi connectivity index (χ3v) is 3.29. The van der Waals surface area contributed by atoms with Gasteiger partial charge in [-0.25, -0.2) is 4.39 Å². The van der Waals surface area contributed by atoms with Crippen LogP contribution in [0.1, 0.15) is 16.8 Å². The number of Topliss-reactive ketones (excluding diaryl/α,β-unsaturated/α-hetero) is 1. The van der Waals surface area contributed by atoms with Crippen molar-refractivity contribution in [2.75, 3.05) is 33.2 Å². The minimum absolute atomic E-state index is 0.00108. The Kier molecular flexibility index (Phi) is 4.27. The highest BCUT2D eigenvalue weighted by molar-refractivity contribution is 5.98. The first-order chi connectivity index (χ1) is 9.08. The van der Waals surface area contributed by atoms with Crippen LogP contribution in [0.2, 0.25) is 0 Å². The van der Waals surface area contributed by atoms with E-state index in [2.05, 4.69) is 0 Å². The average molecular weight is 264 g/mol. The maximum Gasteiger partial charge on any atom is 0.236 e. The zero-order valence-corrected chi connectivity index (χ0v) is 10.9. The fraction of sp³-hybridized carbons (Fsp3) is 0.429. The molecule has 1 amide bonds. The Morgan fingerprint density at radius 3 is 2.79 bits per heavy atom. The standard InChI is InChI=1S/C14H17FN2O2/c1-16-7-4-8-17(10-14(16)19)9-13(18)11-5-2-3-6-12(11)15/h2-3,5-6H,4,7-10H2,1H3. The number of rotatable bonds is 3. The van der Waals surface area contributed by atoms with Crippen LogP contribution in [0.4, 0.5) is 4.39 Å². The van der Waals surface area contributed by atoms with E-state index in [1.165, 1.54) is 12.1 Å². The molecule has 0 N–H and O–H groups in total. The molecule has 0 unspecified atom stereocenters. The molecule has 0 bridgehead atoms. The van der Waals surface area contributed by atoms with E-state index in [9.17, 15) is 14.0 Å². The Bertz CT molecular complexity index is 490. The summed E-state index contributed by atoms with van der Waals surface area (Å²) in [6.07, 6.45) is 0.826. The van der Waals surface area contributed by atoms with Crippen molar-refractivity contribution < 1.29 is 14.0 Å². The molecule has 0 atom stereocenters. The van der Waals surface area contributed by atoms with Crippen LogP contribution in [0.25, 0.3) is 0 Å². The lowest BCUT2D eigenvalue weighted by Crippen LogP contribution is -2.37. The lowest BCUT2D eigenvalue weighted by atomic mass is 10.1. The maximum absolute atomic E-state index is 13.5. The Morgan fingerprint density at radius 1 is 1.32 bits per heavy atom. The fourth-order valence-electron chi connectivity index (χ4n) is 2.16. The number of ketones is 1. The van der Waals surface area contributed by atoms with Crippen LogP contribution in [-0.2, 0) is 4.79 Å². The number of amides is 1. The molecule has 0 aliphatic carbocycles. The second-order valence-corrected chi connectivity index (χ2v) is 4.78. The van der Waals surface area contributed by atoms with Gasteiger partial charge in [0.2, 0.25) is 5.91 Å². The highest BCUT2D eigenvalue weighted by Crippen LogP contribution is 2.09. The van der Waals surface area contributed by atoms with Crippen LogP contribution in [0.5, 0.6) is 0 Å². The van der Waals surface area contributed by atoms with E-state index in [1.807, 2.05) is 0 Å². The van der Waals surface area contributed by atoms with Crippen LogP contribution < -0.4 is 0 Å². The molecule has 1 aliphatic rings. The van der Waals surface area contributed by atoms with Crippen molar-refractivity contribution in [2.45, 2.75) is 6.42 Å². The molecule has 1 saturated heterocycles. The Hall–Kier alpha value is -1.75. The number of nitrogens with zero attached hydrogens (tertiary/aromatic N) is 2. The summed E-state index contributed by atoms with van der Waals surface area (Å²) in [7, 11) is 1.75. The predicted molar refractivity (Wildman–Crippen MR) is 69.4 cm³/mol. The molecule has 1 heterocycles. The lowest BCUT2D eigenvalue weighted by Gasteiger charge is -2.18. The smallest absolute Gasteiger partial charge is 0.236 e. The summed E-state index contributed by atoms with van der Waals surface area (Å²) in [6.45, 7) is 1.68. The van der Waals surface area contributed by atoms with Crippen molar-refractivity contribution in [3.05, 3.63) is 35.6 Å². The topological polar surface area (TPSA) is 40.6 Å². The van der Waals surface area contributed by atoms with Gasteiger partial charge >= 0.3 is 0 Å². The SMILES string of the molecule is CN1CCCN(CC(=O)c2ccccc2F)CC1=O. The van der Waals surface area contributed by atoms with E-state index in [0.29, 0.717) is 13.1 Å². The van der Waals surface area contributed by atoms with E-state index in [0.717, 1.165) is 6.42 Å². The number of likely N-dealkylation sites (N-methyl/N-ethyl adjacent to an activating group) is 1. The zero-order chi connectivity index (χ0) is 13.8. The highest BCUT2D eigenvalue weighted by atomic mass is 19.1.